The van der Waals surface area contributed by atoms with Crippen molar-refractivity contribution >= 4 is 27.3 Å². The highest BCUT2D eigenvalue weighted by Crippen LogP contribution is 2.57. The number of aryl methyl sites for hydroxylation is 1. The fourth-order valence-corrected chi connectivity index (χ4v) is 9.81. The molecule has 4 aliphatic rings. The van der Waals surface area contributed by atoms with E-state index in [1.807, 2.05) is 31.7 Å². The number of likely N-dealkylation sites (tertiary alicyclic amines) is 2. The van der Waals surface area contributed by atoms with Crippen LogP contribution in [0.3, 0.4) is 0 Å². The number of rotatable bonds is 5. The average Bonchev–Trinajstić information content (AvgIpc) is 3.47. The molecule has 2 aromatic rings. The van der Waals surface area contributed by atoms with Gasteiger partial charge in [0, 0.05) is 58.3 Å². The van der Waals surface area contributed by atoms with Gasteiger partial charge in [-0.3, -0.25) is 13.5 Å². The van der Waals surface area contributed by atoms with Crippen LogP contribution in [-0.4, -0.2) is 79.9 Å². The number of carbonyl (C=O) groups is 1. The number of pyridine rings is 1. The van der Waals surface area contributed by atoms with Gasteiger partial charge in [-0.25, -0.2) is 22.8 Å². The number of piperidine rings is 1. The second kappa shape index (κ2) is 9.33. The third-order valence-electron chi connectivity index (χ3n) is 9.36. The molecule has 42 heavy (non-hydrogen) atoms. The zero-order valence-electron chi connectivity index (χ0n) is 24.9. The van der Waals surface area contributed by atoms with Crippen molar-refractivity contribution in [3.63, 3.8) is 0 Å². The van der Waals surface area contributed by atoms with Gasteiger partial charge in [0.05, 0.1) is 16.1 Å². The third-order valence-corrected chi connectivity index (χ3v) is 12.8. The van der Waals surface area contributed by atoms with Gasteiger partial charge in [-0.15, -0.1) is 0 Å². The Morgan fingerprint density at radius 2 is 1.83 bits per heavy atom. The van der Waals surface area contributed by atoms with Crippen LogP contribution < -0.4 is 8.61 Å². The molecule has 1 unspecified atom stereocenters. The second-order valence-corrected chi connectivity index (χ2v) is 16.4. The Hall–Kier alpha value is -2.83. The van der Waals surface area contributed by atoms with Gasteiger partial charge in [0.1, 0.15) is 5.60 Å². The highest BCUT2D eigenvalue weighted by Gasteiger charge is 2.59. The summed E-state index contributed by atoms with van der Waals surface area (Å²) in [7, 11) is -3.83. The standard InChI is InChI=1S/C30H41F2N5O4S/c1-21-8-9-22(19-35-14-10-29(11-15-35)12-16-36(29)27(38)41-28(2,3)4)17-25(21)42(39,40)34(5)26-24(7-6-13-33-26)37(42)20-23-18-30(23,31)32/h6-9,13,17,23H,10-12,14-16,18-20H2,1-5H3,(H,39,40)/p-1. The number of alkyl halides is 2. The summed E-state index contributed by atoms with van der Waals surface area (Å²) in [5.74, 6) is -3.67. The minimum Gasteiger partial charge on any atom is -0.732 e. The lowest BCUT2D eigenvalue weighted by Crippen LogP contribution is -2.66. The van der Waals surface area contributed by atoms with Crippen molar-refractivity contribution in [1.29, 1.82) is 0 Å². The van der Waals surface area contributed by atoms with Crippen LogP contribution in [0.1, 0.15) is 57.6 Å². The van der Waals surface area contributed by atoms with Crippen molar-refractivity contribution in [3.05, 3.63) is 47.7 Å². The molecule has 1 atom stereocenters. The average molecular weight is 605 g/mol. The molecule has 0 N–H and O–H groups in total. The first kappa shape index (κ1) is 29.3. The third kappa shape index (κ3) is 4.57. The Morgan fingerprint density at radius 3 is 2.43 bits per heavy atom. The number of hydrogen-bond acceptors (Lipinski definition) is 6. The number of aromatic nitrogens is 1. The molecule has 9 nitrogen and oxygen atoms in total. The lowest BCUT2D eigenvalue weighted by atomic mass is 9.76. The number of amides is 1. The molecule has 3 fully saturated rings. The van der Waals surface area contributed by atoms with Gasteiger partial charge in [0.15, 0.2) is 5.82 Å². The molecule has 1 aromatic carbocycles. The maximum absolute atomic E-state index is 15.0. The van der Waals surface area contributed by atoms with E-state index in [0.717, 1.165) is 46.5 Å². The van der Waals surface area contributed by atoms with Crippen molar-refractivity contribution in [2.45, 2.75) is 81.9 Å². The van der Waals surface area contributed by atoms with Gasteiger partial charge in [0.25, 0.3) is 5.92 Å². The van der Waals surface area contributed by atoms with Crippen molar-refractivity contribution in [2.75, 3.05) is 41.8 Å². The lowest BCUT2D eigenvalue weighted by molar-refractivity contribution is -0.0700. The molecule has 1 amide bonds. The predicted molar refractivity (Wildman–Crippen MR) is 156 cm³/mol. The van der Waals surface area contributed by atoms with Crippen LogP contribution >= 0.6 is 0 Å². The Bertz CT molecular complexity index is 1490. The fourth-order valence-electron chi connectivity index (χ4n) is 6.63. The molecule has 3 aliphatic heterocycles. The SMILES string of the molecule is Cc1ccc(CN2CCC3(CC2)CCN3C(=O)OC(C)(C)C)cc1S1(=O)([O-])N(C)c2ncccc2N1CC1CC1(F)F. The Kier molecular flexibility index (Phi) is 6.50. The quantitative estimate of drug-likeness (QED) is 0.471. The largest absolute Gasteiger partial charge is 0.732 e. The first-order valence-electron chi connectivity index (χ1n) is 14.6. The number of hydrogen-bond donors (Lipinski definition) is 0. The van der Waals surface area contributed by atoms with Gasteiger partial charge in [-0.2, -0.15) is 9.72 Å². The topological polar surface area (TPSA) is 92.3 Å². The van der Waals surface area contributed by atoms with E-state index in [-0.39, 0.29) is 35.3 Å². The van der Waals surface area contributed by atoms with E-state index in [1.54, 1.807) is 31.2 Å². The zero-order chi connectivity index (χ0) is 30.3. The van der Waals surface area contributed by atoms with Crippen LogP contribution in [0.25, 0.3) is 0 Å². The molecule has 12 heteroatoms. The van der Waals surface area contributed by atoms with E-state index in [1.165, 1.54) is 13.2 Å². The van der Waals surface area contributed by atoms with Crippen molar-refractivity contribution in [3.8, 4) is 0 Å². The van der Waals surface area contributed by atoms with Crippen LogP contribution in [0, 0.1) is 12.8 Å². The summed E-state index contributed by atoms with van der Waals surface area (Å²) in [6.07, 6.45) is 3.51. The first-order valence-corrected chi connectivity index (χ1v) is 16.4. The van der Waals surface area contributed by atoms with Crippen LogP contribution in [0.2, 0.25) is 0 Å². The number of anilines is 2. The fraction of sp³-hybridized carbons (Fsp3) is 0.600. The monoisotopic (exact) mass is 604 g/mol. The number of halogens is 2. The summed E-state index contributed by atoms with van der Waals surface area (Å²) in [6.45, 7) is 9.79. The first-order chi connectivity index (χ1) is 19.5. The molecule has 1 aromatic heterocycles. The summed E-state index contributed by atoms with van der Waals surface area (Å²) in [4.78, 5) is 21.3. The number of fused-ring (bicyclic) bond motifs is 1. The molecule has 1 saturated carbocycles. The van der Waals surface area contributed by atoms with E-state index in [2.05, 4.69) is 9.88 Å². The van der Waals surface area contributed by atoms with Crippen molar-refractivity contribution < 1.29 is 27.1 Å². The Morgan fingerprint density at radius 1 is 1.17 bits per heavy atom. The van der Waals surface area contributed by atoms with Crippen LogP contribution in [0.15, 0.2) is 41.4 Å². The van der Waals surface area contributed by atoms with Crippen LogP contribution in [0.4, 0.5) is 25.1 Å². The molecule has 1 spiro atoms. The van der Waals surface area contributed by atoms with Gasteiger partial charge < -0.3 is 14.2 Å². The molecule has 6 rings (SSSR count). The molecular weight excluding hydrogens is 564 g/mol. The lowest BCUT2D eigenvalue weighted by Gasteiger charge is -2.62. The number of sulfonamides is 2. The van der Waals surface area contributed by atoms with Crippen molar-refractivity contribution in [2.24, 2.45) is 5.92 Å². The van der Waals surface area contributed by atoms with Crippen LogP contribution in [0.5, 0.6) is 0 Å². The van der Waals surface area contributed by atoms with E-state index >= 15 is 8.76 Å². The van der Waals surface area contributed by atoms with E-state index in [9.17, 15) is 13.6 Å². The van der Waals surface area contributed by atoms with E-state index in [0.29, 0.717) is 24.3 Å². The maximum atomic E-state index is 15.0. The molecular formula is C30H40F2N5O4S-. The molecule has 0 radical (unpaired) electrons. The zero-order valence-corrected chi connectivity index (χ0v) is 25.8. The maximum Gasteiger partial charge on any atom is 0.410 e. The number of benzene rings is 1. The molecule has 1 aliphatic carbocycles. The summed E-state index contributed by atoms with van der Waals surface area (Å²) >= 11 is 0. The van der Waals surface area contributed by atoms with E-state index in [4.69, 9.17) is 4.74 Å². The summed E-state index contributed by atoms with van der Waals surface area (Å²) < 4.78 is 66.1. The van der Waals surface area contributed by atoms with Crippen molar-refractivity contribution in [1.82, 2.24) is 14.8 Å². The van der Waals surface area contributed by atoms with Gasteiger partial charge >= 0.3 is 6.09 Å². The molecule has 4 heterocycles. The summed E-state index contributed by atoms with van der Waals surface area (Å²) in [5, 5.41) is 0. The Balaban J connectivity index is 1.23. The highest BCUT2D eigenvalue weighted by atomic mass is 32.3. The smallest absolute Gasteiger partial charge is 0.410 e. The number of ether oxygens (including phenoxy) is 1. The van der Waals surface area contributed by atoms with Gasteiger partial charge in [0.2, 0.25) is 0 Å². The molecule has 230 valence electrons. The molecule has 2 saturated heterocycles. The minimum atomic E-state index is -5.27. The summed E-state index contributed by atoms with van der Waals surface area (Å²) in [5.41, 5.74) is 0.951. The van der Waals surface area contributed by atoms with Gasteiger partial charge in [-0.05, 0) is 76.3 Å². The highest BCUT2D eigenvalue weighted by molar-refractivity contribution is 8.17. The molecule has 0 bridgehead atoms. The van der Waals surface area contributed by atoms with E-state index < -0.39 is 27.2 Å². The normalized spacial score (nSPS) is 26.2. The van der Waals surface area contributed by atoms with Crippen LogP contribution in [-0.2, 0) is 21.0 Å². The van der Waals surface area contributed by atoms with Gasteiger partial charge in [-0.1, -0.05) is 12.1 Å². The summed E-state index contributed by atoms with van der Waals surface area (Å²) in [6, 6.07) is 8.66. The number of nitrogens with zero attached hydrogens (tertiary/aromatic N) is 5. The second-order valence-electron chi connectivity index (χ2n) is 13.3. The Labute approximate surface area is 246 Å². The minimum absolute atomic E-state index is 0.0949. The number of carbonyl (C=O) groups excluding carboxylic acids is 1. The predicted octanol–water partition coefficient (Wildman–Crippen LogP) is 5.12.